The fourth-order valence-corrected chi connectivity index (χ4v) is 5.07. The number of hydrogen-bond acceptors (Lipinski definition) is 2. The highest BCUT2D eigenvalue weighted by Gasteiger charge is 2.57. The molecular formula is C19H21ClFN3O. The largest absolute Gasteiger partial charge is 0.342 e. The highest BCUT2D eigenvalue weighted by atomic mass is 35.5. The quantitative estimate of drug-likeness (QED) is 0.889. The lowest BCUT2D eigenvalue weighted by molar-refractivity contribution is 0.0869. The van der Waals surface area contributed by atoms with E-state index in [1.807, 2.05) is 6.07 Å². The van der Waals surface area contributed by atoms with E-state index < -0.39 is 5.54 Å². The topological polar surface area (TPSA) is 46.9 Å². The summed E-state index contributed by atoms with van der Waals surface area (Å²) >= 11 is 6.20. The Morgan fingerprint density at radius 1 is 1.52 bits per heavy atom. The van der Waals surface area contributed by atoms with E-state index in [4.69, 9.17) is 11.6 Å². The minimum Gasteiger partial charge on any atom is -0.342 e. The number of carbonyl (C=O) groups is 1. The Morgan fingerprint density at radius 2 is 2.32 bits per heavy atom. The zero-order valence-corrected chi connectivity index (χ0v) is 15.1. The van der Waals surface area contributed by atoms with Crippen LogP contribution >= 0.6 is 11.6 Å². The van der Waals surface area contributed by atoms with Crippen molar-refractivity contribution in [1.82, 2.24) is 15.1 Å². The van der Waals surface area contributed by atoms with Crippen LogP contribution in [0.1, 0.15) is 60.0 Å². The molecule has 0 radical (unpaired) electrons. The van der Waals surface area contributed by atoms with E-state index in [2.05, 4.69) is 17.3 Å². The second-order valence-corrected chi connectivity index (χ2v) is 7.53. The van der Waals surface area contributed by atoms with Gasteiger partial charge in [0.25, 0.3) is 5.91 Å². The van der Waals surface area contributed by atoms with Gasteiger partial charge in [0.1, 0.15) is 11.0 Å². The average Bonchev–Trinajstić information content (AvgIpc) is 3.17. The van der Waals surface area contributed by atoms with Gasteiger partial charge in [-0.25, -0.2) is 4.39 Å². The van der Waals surface area contributed by atoms with Gasteiger partial charge in [0.2, 0.25) is 0 Å². The van der Waals surface area contributed by atoms with Crippen molar-refractivity contribution in [2.45, 2.75) is 44.1 Å². The number of hydrogen-bond donors (Lipinski definition) is 1. The first-order valence-electron chi connectivity index (χ1n) is 8.78. The average molecular weight is 362 g/mol. The van der Waals surface area contributed by atoms with Gasteiger partial charge in [0.15, 0.2) is 0 Å². The maximum Gasteiger partial charge on any atom is 0.256 e. The standard InChI is InChI=1S/C19H21ClFN3O/c1-3-4-15-12-7-8-19(15,16-6-5-11(21)9-13(12)16)23-18(25)14-10-22-24(2)17(14)20/h5-6,9-10,12,15H,3-4,7-8H2,1-2H3,(H,23,25). The highest BCUT2D eigenvalue weighted by molar-refractivity contribution is 6.32. The van der Waals surface area contributed by atoms with Crippen molar-refractivity contribution in [3.63, 3.8) is 0 Å². The Bertz CT molecular complexity index is 849. The van der Waals surface area contributed by atoms with Crippen LogP contribution in [0.25, 0.3) is 0 Å². The summed E-state index contributed by atoms with van der Waals surface area (Å²) < 4.78 is 15.3. The van der Waals surface area contributed by atoms with Crippen LogP contribution in [-0.4, -0.2) is 15.7 Å². The van der Waals surface area contributed by atoms with E-state index in [-0.39, 0.29) is 11.7 Å². The van der Waals surface area contributed by atoms with Crippen molar-refractivity contribution in [3.05, 3.63) is 52.1 Å². The first kappa shape index (κ1) is 16.6. The van der Waals surface area contributed by atoms with Crippen LogP contribution in [-0.2, 0) is 12.6 Å². The van der Waals surface area contributed by atoms with Gasteiger partial charge in [-0.05, 0) is 54.4 Å². The van der Waals surface area contributed by atoms with Gasteiger partial charge in [0.05, 0.1) is 17.3 Å². The Kier molecular flexibility index (Phi) is 3.87. The fourth-order valence-electron chi connectivity index (χ4n) is 4.89. The molecule has 1 saturated carbocycles. The Hall–Kier alpha value is -1.88. The number of nitrogens with one attached hydrogen (secondary N) is 1. The molecule has 1 aromatic carbocycles. The summed E-state index contributed by atoms with van der Waals surface area (Å²) in [5.74, 6) is 0.194. The van der Waals surface area contributed by atoms with Gasteiger partial charge >= 0.3 is 0 Å². The van der Waals surface area contributed by atoms with Crippen molar-refractivity contribution in [2.75, 3.05) is 0 Å². The zero-order valence-electron chi connectivity index (χ0n) is 14.4. The number of carbonyl (C=O) groups excluding carboxylic acids is 1. The van der Waals surface area contributed by atoms with E-state index in [1.54, 1.807) is 13.1 Å². The number of halogens is 2. The summed E-state index contributed by atoms with van der Waals surface area (Å²) in [5, 5.41) is 7.65. The van der Waals surface area contributed by atoms with Crippen LogP contribution in [0, 0.1) is 11.7 Å². The molecule has 0 aliphatic heterocycles. The molecule has 1 N–H and O–H groups in total. The lowest BCUT2D eigenvalue weighted by atomic mass is 9.82. The molecule has 4 rings (SSSR count). The predicted molar refractivity (Wildman–Crippen MR) is 94.1 cm³/mol. The van der Waals surface area contributed by atoms with E-state index in [9.17, 15) is 9.18 Å². The Balaban J connectivity index is 1.75. The molecule has 25 heavy (non-hydrogen) atoms. The Labute approximate surface area is 151 Å². The number of rotatable bonds is 4. The van der Waals surface area contributed by atoms with Gasteiger partial charge in [-0.15, -0.1) is 0 Å². The molecule has 2 bridgehead atoms. The third-order valence-corrected chi connectivity index (χ3v) is 6.36. The molecule has 132 valence electrons. The van der Waals surface area contributed by atoms with Crippen LogP contribution in [0.3, 0.4) is 0 Å². The number of aromatic nitrogens is 2. The number of nitrogens with zero attached hydrogens (tertiary/aromatic N) is 2. The second-order valence-electron chi connectivity index (χ2n) is 7.17. The van der Waals surface area contributed by atoms with Gasteiger partial charge in [-0.2, -0.15) is 5.10 Å². The summed E-state index contributed by atoms with van der Waals surface area (Å²) in [6.45, 7) is 2.15. The molecule has 3 unspecified atom stereocenters. The number of fused-ring (bicyclic) bond motifs is 5. The molecule has 3 atom stereocenters. The summed E-state index contributed by atoms with van der Waals surface area (Å²) in [6, 6.07) is 4.98. The lowest BCUT2D eigenvalue weighted by Crippen LogP contribution is -2.47. The summed E-state index contributed by atoms with van der Waals surface area (Å²) in [6.07, 6.45) is 5.38. The second kappa shape index (κ2) is 5.84. The zero-order chi connectivity index (χ0) is 17.8. The molecular weight excluding hydrogens is 341 g/mol. The molecule has 2 aliphatic carbocycles. The van der Waals surface area contributed by atoms with Crippen molar-refractivity contribution < 1.29 is 9.18 Å². The Morgan fingerprint density at radius 3 is 3.00 bits per heavy atom. The minimum atomic E-state index is -0.431. The lowest BCUT2D eigenvalue weighted by Gasteiger charge is -2.34. The molecule has 0 saturated heterocycles. The number of benzene rings is 1. The molecule has 2 aliphatic rings. The predicted octanol–water partition coefficient (Wildman–Crippen LogP) is 4.15. The maximum atomic E-state index is 13.8. The van der Waals surface area contributed by atoms with Crippen LogP contribution in [0.4, 0.5) is 4.39 Å². The molecule has 0 spiro atoms. The summed E-state index contributed by atoms with van der Waals surface area (Å²) in [4.78, 5) is 12.9. The fraction of sp³-hybridized carbons (Fsp3) is 0.474. The van der Waals surface area contributed by atoms with E-state index >= 15 is 0 Å². The first-order valence-corrected chi connectivity index (χ1v) is 9.15. The molecule has 4 nitrogen and oxygen atoms in total. The van der Waals surface area contributed by atoms with Crippen LogP contribution in [0.2, 0.25) is 5.15 Å². The van der Waals surface area contributed by atoms with Crippen LogP contribution in [0.5, 0.6) is 0 Å². The van der Waals surface area contributed by atoms with E-state index in [1.165, 1.54) is 16.9 Å². The molecule has 1 heterocycles. The van der Waals surface area contributed by atoms with Crippen LogP contribution < -0.4 is 5.32 Å². The molecule has 2 aromatic rings. The normalized spacial score (nSPS) is 26.7. The maximum absolute atomic E-state index is 13.8. The highest BCUT2D eigenvalue weighted by Crippen LogP contribution is 2.61. The van der Waals surface area contributed by atoms with Gasteiger partial charge < -0.3 is 5.32 Å². The van der Waals surface area contributed by atoms with Crippen molar-refractivity contribution in [1.29, 1.82) is 0 Å². The van der Waals surface area contributed by atoms with Crippen molar-refractivity contribution in [3.8, 4) is 0 Å². The van der Waals surface area contributed by atoms with Crippen LogP contribution in [0.15, 0.2) is 24.4 Å². The number of aryl methyl sites for hydroxylation is 1. The third kappa shape index (κ3) is 2.32. The van der Waals surface area contributed by atoms with Crippen molar-refractivity contribution >= 4 is 17.5 Å². The number of amides is 1. The third-order valence-electron chi connectivity index (χ3n) is 5.91. The van der Waals surface area contributed by atoms with E-state index in [0.29, 0.717) is 22.6 Å². The molecule has 1 fully saturated rings. The van der Waals surface area contributed by atoms with Crippen molar-refractivity contribution in [2.24, 2.45) is 13.0 Å². The smallest absolute Gasteiger partial charge is 0.256 e. The summed E-state index contributed by atoms with van der Waals surface area (Å²) in [7, 11) is 1.70. The first-order chi connectivity index (χ1) is 12.0. The summed E-state index contributed by atoms with van der Waals surface area (Å²) in [5.41, 5.74) is 2.08. The van der Waals surface area contributed by atoms with E-state index in [0.717, 1.165) is 36.8 Å². The SMILES string of the molecule is CCCC1C2CCC1(NC(=O)c1cnn(C)c1Cl)c1ccc(F)cc12. The minimum absolute atomic E-state index is 0.210. The monoisotopic (exact) mass is 361 g/mol. The van der Waals surface area contributed by atoms with Gasteiger partial charge in [0, 0.05) is 7.05 Å². The van der Waals surface area contributed by atoms with Gasteiger partial charge in [-0.3, -0.25) is 9.48 Å². The van der Waals surface area contributed by atoms with Gasteiger partial charge in [-0.1, -0.05) is 31.0 Å². The molecule has 6 heteroatoms. The molecule has 1 amide bonds. The molecule has 1 aromatic heterocycles.